The van der Waals surface area contributed by atoms with Gasteiger partial charge in [0.1, 0.15) is 6.61 Å². The minimum atomic E-state index is -0.364. The zero-order valence-electron chi connectivity index (χ0n) is 7.77. The van der Waals surface area contributed by atoms with Crippen LogP contribution in [0.1, 0.15) is 0 Å². The second-order valence-electron chi connectivity index (χ2n) is 2.88. The maximum absolute atomic E-state index is 10.7. The molecule has 72 valence electrons. The maximum Gasteiger partial charge on any atom is 0.330 e. The summed E-state index contributed by atoms with van der Waals surface area (Å²) in [5.74, 6) is -0.364. The van der Waals surface area contributed by atoms with Crippen molar-refractivity contribution in [3.05, 3.63) is 25.1 Å². The van der Waals surface area contributed by atoms with Crippen molar-refractivity contribution in [3.8, 4) is 0 Å². The summed E-state index contributed by atoms with van der Waals surface area (Å²) in [6, 6.07) is 0. The Labute approximate surface area is 78.1 Å². The highest BCUT2D eigenvalue weighted by Crippen LogP contribution is 2.02. The fourth-order valence-electron chi connectivity index (χ4n) is 1.06. The Morgan fingerprint density at radius 3 is 3.00 bits per heavy atom. The molecule has 0 saturated carbocycles. The van der Waals surface area contributed by atoms with Crippen LogP contribution in [0, 0.1) is 0 Å². The highest BCUT2D eigenvalue weighted by molar-refractivity contribution is 5.81. The molecule has 1 rings (SSSR count). The van der Waals surface area contributed by atoms with Crippen LogP contribution < -0.4 is 0 Å². The fraction of sp³-hybridized carbons (Fsp3) is 0.444. The smallest absolute Gasteiger partial charge is 0.330 e. The fourth-order valence-corrected chi connectivity index (χ4v) is 1.06. The van der Waals surface area contributed by atoms with E-state index in [1.807, 2.05) is 19.4 Å². The maximum atomic E-state index is 10.7. The molecule has 1 aliphatic rings. The lowest BCUT2D eigenvalue weighted by Crippen LogP contribution is -2.26. The van der Waals surface area contributed by atoms with Gasteiger partial charge in [-0.1, -0.05) is 6.58 Å². The van der Waals surface area contributed by atoms with Crippen molar-refractivity contribution in [2.24, 2.45) is 0 Å². The van der Waals surface area contributed by atoms with E-state index in [4.69, 9.17) is 4.74 Å². The Bertz CT molecular complexity index is 226. The van der Waals surface area contributed by atoms with E-state index in [0.29, 0.717) is 6.61 Å². The van der Waals surface area contributed by atoms with E-state index in [1.54, 1.807) is 0 Å². The van der Waals surface area contributed by atoms with Crippen LogP contribution >= 0.6 is 0 Å². The molecule has 0 fully saturated rings. The van der Waals surface area contributed by atoms with Gasteiger partial charge in [0.2, 0.25) is 0 Å². The van der Waals surface area contributed by atoms with E-state index in [-0.39, 0.29) is 5.97 Å². The summed E-state index contributed by atoms with van der Waals surface area (Å²) in [4.78, 5) is 14.8. The lowest BCUT2D eigenvalue weighted by atomic mass is 10.6. The second kappa shape index (κ2) is 4.54. The zero-order valence-corrected chi connectivity index (χ0v) is 7.77. The lowest BCUT2D eigenvalue weighted by molar-refractivity contribution is -0.138. The van der Waals surface area contributed by atoms with Gasteiger partial charge < -0.3 is 14.5 Å². The molecule has 0 aliphatic carbocycles. The van der Waals surface area contributed by atoms with E-state index in [2.05, 4.69) is 16.4 Å². The molecule has 0 atom stereocenters. The third kappa shape index (κ3) is 3.19. The van der Waals surface area contributed by atoms with Gasteiger partial charge >= 0.3 is 5.97 Å². The van der Waals surface area contributed by atoms with Gasteiger partial charge in [-0.15, -0.1) is 0 Å². The first-order chi connectivity index (χ1) is 6.22. The Kier molecular flexibility index (Phi) is 3.37. The highest BCUT2D eigenvalue weighted by Gasteiger charge is 2.07. The van der Waals surface area contributed by atoms with E-state index in [1.165, 1.54) is 6.08 Å². The standard InChI is InChI=1S/C9H14N2O2/c1-3-9(12)13-7-6-11-5-4-10(2)8-11/h3-5H,1,6-8H2,2H3. The predicted octanol–water partition coefficient (Wildman–Crippen LogP) is 0.392. The molecule has 0 aromatic carbocycles. The van der Waals surface area contributed by atoms with Gasteiger partial charge in [0.05, 0.1) is 13.2 Å². The summed E-state index contributed by atoms with van der Waals surface area (Å²) in [5, 5.41) is 0. The average Bonchev–Trinajstić information content (AvgIpc) is 2.51. The molecule has 4 nitrogen and oxygen atoms in total. The van der Waals surface area contributed by atoms with Gasteiger partial charge in [0.25, 0.3) is 0 Å². The molecule has 0 spiro atoms. The lowest BCUT2D eigenvalue weighted by Gasteiger charge is -2.17. The summed E-state index contributed by atoms with van der Waals surface area (Å²) in [6.45, 7) is 5.29. The quantitative estimate of drug-likeness (QED) is 0.465. The van der Waals surface area contributed by atoms with Crippen molar-refractivity contribution in [2.75, 3.05) is 26.9 Å². The number of esters is 1. The van der Waals surface area contributed by atoms with Gasteiger partial charge in [-0.05, 0) is 0 Å². The van der Waals surface area contributed by atoms with Crippen LogP contribution in [-0.4, -0.2) is 42.6 Å². The Hall–Kier alpha value is -1.45. The number of hydrogen-bond donors (Lipinski definition) is 0. The first-order valence-electron chi connectivity index (χ1n) is 4.14. The number of ether oxygens (including phenoxy) is 1. The number of hydrogen-bond acceptors (Lipinski definition) is 4. The summed E-state index contributed by atoms with van der Waals surface area (Å²) >= 11 is 0. The van der Waals surface area contributed by atoms with Gasteiger partial charge in [-0.3, -0.25) is 0 Å². The molecule has 0 N–H and O–H groups in total. The summed E-state index contributed by atoms with van der Waals surface area (Å²) < 4.78 is 4.84. The Balaban J connectivity index is 2.10. The largest absolute Gasteiger partial charge is 0.461 e. The Morgan fingerprint density at radius 2 is 2.46 bits per heavy atom. The molecule has 0 unspecified atom stereocenters. The highest BCUT2D eigenvalue weighted by atomic mass is 16.5. The normalized spacial score (nSPS) is 14.8. The van der Waals surface area contributed by atoms with E-state index < -0.39 is 0 Å². The van der Waals surface area contributed by atoms with Crippen molar-refractivity contribution in [1.29, 1.82) is 0 Å². The van der Waals surface area contributed by atoms with Crippen LogP contribution in [0.2, 0.25) is 0 Å². The molecule has 0 aromatic rings. The minimum Gasteiger partial charge on any atom is -0.461 e. The average molecular weight is 182 g/mol. The summed E-state index contributed by atoms with van der Waals surface area (Å²) in [6.07, 6.45) is 5.13. The second-order valence-corrected chi connectivity index (χ2v) is 2.88. The molecule has 0 saturated heterocycles. The summed E-state index contributed by atoms with van der Waals surface area (Å²) in [7, 11) is 1.99. The number of carbonyl (C=O) groups excluding carboxylic acids is 1. The number of nitrogens with zero attached hydrogens (tertiary/aromatic N) is 2. The zero-order chi connectivity index (χ0) is 9.68. The Morgan fingerprint density at radius 1 is 1.69 bits per heavy atom. The monoisotopic (exact) mass is 182 g/mol. The predicted molar refractivity (Wildman–Crippen MR) is 49.6 cm³/mol. The van der Waals surface area contributed by atoms with Crippen molar-refractivity contribution < 1.29 is 9.53 Å². The van der Waals surface area contributed by atoms with Crippen molar-refractivity contribution in [3.63, 3.8) is 0 Å². The topological polar surface area (TPSA) is 32.8 Å². The molecule has 1 heterocycles. The van der Waals surface area contributed by atoms with E-state index in [9.17, 15) is 4.79 Å². The van der Waals surface area contributed by atoms with Gasteiger partial charge in [-0.2, -0.15) is 0 Å². The molecule has 1 aliphatic heterocycles. The van der Waals surface area contributed by atoms with Crippen molar-refractivity contribution in [1.82, 2.24) is 9.80 Å². The number of carbonyl (C=O) groups is 1. The molecular formula is C9H14N2O2. The van der Waals surface area contributed by atoms with Crippen LogP contribution in [0.4, 0.5) is 0 Å². The molecular weight excluding hydrogens is 168 g/mol. The van der Waals surface area contributed by atoms with Gasteiger partial charge in [-0.25, -0.2) is 4.79 Å². The molecule has 4 heteroatoms. The molecule has 0 aromatic heterocycles. The van der Waals surface area contributed by atoms with Crippen LogP contribution in [0.25, 0.3) is 0 Å². The van der Waals surface area contributed by atoms with E-state index >= 15 is 0 Å². The van der Waals surface area contributed by atoms with Crippen LogP contribution in [0.15, 0.2) is 25.1 Å². The SMILES string of the molecule is C=CC(=O)OCCN1C=CN(C)C1. The van der Waals surface area contributed by atoms with Crippen molar-refractivity contribution in [2.45, 2.75) is 0 Å². The third-order valence-corrected chi connectivity index (χ3v) is 1.73. The van der Waals surface area contributed by atoms with Crippen LogP contribution in [-0.2, 0) is 9.53 Å². The first kappa shape index (κ1) is 9.64. The van der Waals surface area contributed by atoms with Crippen LogP contribution in [0.3, 0.4) is 0 Å². The third-order valence-electron chi connectivity index (χ3n) is 1.73. The van der Waals surface area contributed by atoms with E-state index in [0.717, 1.165) is 13.2 Å². The molecule has 0 bridgehead atoms. The van der Waals surface area contributed by atoms with Crippen LogP contribution in [0.5, 0.6) is 0 Å². The molecule has 0 radical (unpaired) electrons. The summed E-state index contributed by atoms with van der Waals surface area (Å²) in [5.41, 5.74) is 0. The number of rotatable bonds is 4. The van der Waals surface area contributed by atoms with Gasteiger partial charge in [0.15, 0.2) is 0 Å². The van der Waals surface area contributed by atoms with Gasteiger partial charge in [0, 0.05) is 25.5 Å². The molecule has 0 amide bonds. The first-order valence-corrected chi connectivity index (χ1v) is 4.14. The minimum absolute atomic E-state index is 0.364. The molecule has 13 heavy (non-hydrogen) atoms. The van der Waals surface area contributed by atoms with Crippen molar-refractivity contribution >= 4 is 5.97 Å².